The number of imidazole rings is 1. The van der Waals surface area contributed by atoms with Crippen molar-refractivity contribution in [1.82, 2.24) is 24.7 Å². The van der Waals surface area contributed by atoms with Crippen LogP contribution in [0.15, 0.2) is 24.8 Å². The standard InChI is InChI=1S/C12H14N6/c1-8-11-3-9(5-15-12(11)18(2)17-8)14-6-10-4-13-7-16-10/h3-5,7,14H,6H2,1-2H3,(H,13,16). The Hall–Kier alpha value is -2.37. The van der Waals surface area contributed by atoms with Crippen LogP contribution >= 0.6 is 0 Å². The second-order valence-electron chi connectivity index (χ2n) is 4.23. The summed E-state index contributed by atoms with van der Waals surface area (Å²) in [4.78, 5) is 11.4. The summed E-state index contributed by atoms with van der Waals surface area (Å²) in [6.45, 7) is 2.69. The first-order valence-corrected chi connectivity index (χ1v) is 5.74. The molecule has 3 heterocycles. The molecule has 0 aliphatic rings. The van der Waals surface area contributed by atoms with E-state index in [2.05, 4.69) is 31.4 Å². The number of aromatic amines is 1. The summed E-state index contributed by atoms with van der Waals surface area (Å²) in [6.07, 6.45) is 5.29. The van der Waals surface area contributed by atoms with Gasteiger partial charge < -0.3 is 10.3 Å². The lowest BCUT2D eigenvalue weighted by molar-refractivity contribution is 0.774. The second kappa shape index (κ2) is 4.14. The molecule has 3 rings (SSSR count). The van der Waals surface area contributed by atoms with E-state index in [4.69, 9.17) is 0 Å². The van der Waals surface area contributed by atoms with E-state index in [9.17, 15) is 0 Å². The molecule has 0 fully saturated rings. The lowest BCUT2D eigenvalue weighted by Gasteiger charge is -2.04. The van der Waals surface area contributed by atoms with Gasteiger partial charge in [-0.05, 0) is 13.0 Å². The number of fused-ring (bicyclic) bond motifs is 1. The Bertz CT molecular complexity index is 667. The van der Waals surface area contributed by atoms with E-state index in [0.717, 1.165) is 28.1 Å². The molecule has 3 aromatic heterocycles. The van der Waals surface area contributed by atoms with Crippen LogP contribution in [0.5, 0.6) is 0 Å². The van der Waals surface area contributed by atoms with Gasteiger partial charge in [-0.15, -0.1) is 0 Å². The number of pyridine rings is 1. The molecule has 0 amide bonds. The van der Waals surface area contributed by atoms with Crippen LogP contribution in [0.3, 0.4) is 0 Å². The van der Waals surface area contributed by atoms with Gasteiger partial charge in [-0.25, -0.2) is 9.97 Å². The Kier molecular flexibility index (Phi) is 2.47. The average molecular weight is 242 g/mol. The summed E-state index contributed by atoms with van der Waals surface area (Å²) in [5, 5.41) is 8.73. The minimum Gasteiger partial charge on any atom is -0.378 e. The van der Waals surface area contributed by atoms with Crippen LogP contribution in [-0.4, -0.2) is 24.7 Å². The van der Waals surface area contributed by atoms with E-state index in [-0.39, 0.29) is 0 Å². The van der Waals surface area contributed by atoms with E-state index in [1.54, 1.807) is 17.2 Å². The Balaban J connectivity index is 1.87. The molecule has 0 spiro atoms. The van der Waals surface area contributed by atoms with Gasteiger partial charge in [0.25, 0.3) is 0 Å². The zero-order chi connectivity index (χ0) is 12.5. The highest BCUT2D eigenvalue weighted by Crippen LogP contribution is 2.19. The van der Waals surface area contributed by atoms with Crippen molar-refractivity contribution < 1.29 is 0 Å². The Morgan fingerprint density at radius 1 is 1.39 bits per heavy atom. The summed E-state index contributed by atoms with van der Waals surface area (Å²) >= 11 is 0. The van der Waals surface area contributed by atoms with Gasteiger partial charge in [0, 0.05) is 18.6 Å². The molecule has 0 aliphatic heterocycles. The van der Waals surface area contributed by atoms with Crippen molar-refractivity contribution in [2.75, 3.05) is 5.32 Å². The van der Waals surface area contributed by atoms with Crippen molar-refractivity contribution in [3.63, 3.8) is 0 Å². The quantitative estimate of drug-likeness (QED) is 0.732. The van der Waals surface area contributed by atoms with Gasteiger partial charge in [-0.3, -0.25) is 4.68 Å². The first-order chi connectivity index (χ1) is 8.74. The minimum atomic E-state index is 0.701. The number of aryl methyl sites for hydroxylation is 2. The third-order valence-corrected chi connectivity index (χ3v) is 2.90. The zero-order valence-corrected chi connectivity index (χ0v) is 10.3. The molecule has 0 atom stereocenters. The van der Waals surface area contributed by atoms with Gasteiger partial charge in [-0.2, -0.15) is 5.10 Å². The van der Waals surface area contributed by atoms with E-state index in [0.29, 0.717) is 6.54 Å². The van der Waals surface area contributed by atoms with Crippen molar-refractivity contribution >= 4 is 16.7 Å². The van der Waals surface area contributed by atoms with Crippen molar-refractivity contribution in [3.05, 3.63) is 36.2 Å². The highest BCUT2D eigenvalue weighted by Gasteiger charge is 2.06. The van der Waals surface area contributed by atoms with Crippen LogP contribution < -0.4 is 5.32 Å². The minimum absolute atomic E-state index is 0.701. The SMILES string of the molecule is Cc1nn(C)c2ncc(NCc3cnc[nH]3)cc12. The first kappa shape index (κ1) is 10.8. The van der Waals surface area contributed by atoms with E-state index < -0.39 is 0 Å². The number of H-pyrrole nitrogens is 1. The summed E-state index contributed by atoms with van der Waals surface area (Å²) in [5.41, 5.74) is 3.91. The zero-order valence-electron chi connectivity index (χ0n) is 10.3. The number of nitrogens with zero attached hydrogens (tertiary/aromatic N) is 4. The predicted molar refractivity (Wildman–Crippen MR) is 69.2 cm³/mol. The molecule has 6 nitrogen and oxygen atoms in total. The lowest BCUT2D eigenvalue weighted by atomic mass is 10.2. The Labute approximate surface area is 104 Å². The molecule has 6 heteroatoms. The first-order valence-electron chi connectivity index (χ1n) is 5.74. The fraction of sp³-hybridized carbons (Fsp3) is 0.250. The fourth-order valence-corrected chi connectivity index (χ4v) is 1.98. The lowest BCUT2D eigenvalue weighted by Crippen LogP contribution is -2.00. The number of rotatable bonds is 3. The van der Waals surface area contributed by atoms with Gasteiger partial charge in [0.05, 0.1) is 36.1 Å². The van der Waals surface area contributed by atoms with E-state index in [1.807, 2.05) is 20.2 Å². The largest absolute Gasteiger partial charge is 0.378 e. The molecular formula is C12H14N6. The van der Waals surface area contributed by atoms with Crippen molar-refractivity contribution in [1.29, 1.82) is 0 Å². The number of hydrogen-bond donors (Lipinski definition) is 2. The van der Waals surface area contributed by atoms with Gasteiger partial charge in [-0.1, -0.05) is 0 Å². The predicted octanol–water partition coefficient (Wildman–Crippen LogP) is 1.61. The monoisotopic (exact) mass is 242 g/mol. The van der Waals surface area contributed by atoms with Crippen molar-refractivity contribution in [2.45, 2.75) is 13.5 Å². The van der Waals surface area contributed by atoms with Crippen LogP contribution in [0.25, 0.3) is 11.0 Å². The normalized spacial score (nSPS) is 11.0. The maximum absolute atomic E-state index is 4.41. The molecule has 0 saturated heterocycles. The summed E-state index contributed by atoms with van der Waals surface area (Å²) < 4.78 is 1.79. The third-order valence-electron chi connectivity index (χ3n) is 2.90. The number of nitrogens with one attached hydrogen (secondary N) is 2. The van der Waals surface area contributed by atoms with E-state index in [1.165, 1.54) is 0 Å². The molecule has 3 aromatic rings. The molecule has 0 aromatic carbocycles. The van der Waals surface area contributed by atoms with Crippen LogP contribution in [0.1, 0.15) is 11.4 Å². The van der Waals surface area contributed by atoms with Crippen LogP contribution in [-0.2, 0) is 13.6 Å². The van der Waals surface area contributed by atoms with Gasteiger partial charge >= 0.3 is 0 Å². The van der Waals surface area contributed by atoms with Crippen molar-refractivity contribution in [3.8, 4) is 0 Å². The fourth-order valence-electron chi connectivity index (χ4n) is 1.98. The van der Waals surface area contributed by atoms with Crippen molar-refractivity contribution in [2.24, 2.45) is 7.05 Å². The highest BCUT2D eigenvalue weighted by atomic mass is 15.3. The second-order valence-corrected chi connectivity index (χ2v) is 4.23. The molecule has 18 heavy (non-hydrogen) atoms. The molecule has 2 N–H and O–H groups in total. The highest BCUT2D eigenvalue weighted by molar-refractivity contribution is 5.81. The summed E-state index contributed by atoms with van der Waals surface area (Å²) in [6, 6.07) is 2.07. The number of anilines is 1. The molecule has 92 valence electrons. The smallest absolute Gasteiger partial charge is 0.157 e. The molecule has 0 unspecified atom stereocenters. The molecule has 0 saturated carbocycles. The number of hydrogen-bond acceptors (Lipinski definition) is 4. The molecule has 0 radical (unpaired) electrons. The maximum Gasteiger partial charge on any atom is 0.157 e. The molecule has 0 bridgehead atoms. The molecular weight excluding hydrogens is 228 g/mol. The third kappa shape index (κ3) is 1.81. The summed E-state index contributed by atoms with van der Waals surface area (Å²) in [5.74, 6) is 0. The average Bonchev–Trinajstić information content (AvgIpc) is 2.97. The van der Waals surface area contributed by atoms with Crippen LogP contribution in [0.2, 0.25) is 0 Å². The summed E-state index contributed by atoms with van der Waals surface area (Å²) in [7, 11) is 1.90. The topological polar surface area (TPSA) is 71.4 Å². The Morgan fingerprint density at radius 3 is 3.06 bits per heavy atom. The number of aromatic nitrogens is 5. The molecule has 0 aliphatic carbocycles. The van der Waals surface area contributed by atoms with Gasteiger partial charge in [0.2, 0.25) is 0 Å². The van der Waals surface area contributed by atoms with Crippen LogP contribution in [0.4, 0.5) is 5.69 Å². The maximum atomic E-state index is 4.41. The van der Waals surface area contributed by atoms with Gasteiger partial charge in [0.15, 0.2) is 5.65 Å². The van der Waals surface area contributed by atoms with Gasteiger partial charge in [0.1, 0.15) is 0 Å². The van der Waals surface area contributed by atoms with E-state index >= 15 is 0 Å². The van der Waals surface area contributed by atoms with Crippen LogP contribution in [0, 0.1) is 6.92 Å². The Morgan fingerprint density at radius 2 is 2.28 bits per heavy atom.